The maximum absolute atomic E-state index is 6.84. The van der Waals surface area contributed by atoms with E-state index >= 15 is 0 Å². The van der Waals surface area contributed by atoms with Crippen LogP contribution in [0, 0.1) is 18.5 Å². The van der Waals surface area contributed by atoms with E-state index in [0.717, 1.165) is 105 Å². The summed E-state index contributed by atoms with van der Waals surface area (Å²) in [5, 5.41) is 6.75. The first-order chi connectivity index (χ1) is 37.2. The van der Waals surface area contributed by atoms with Crippen LogP contribution in [0.25, 0.3) is 116 Å². The summed E-state index contributed by atoms with van der Waals surface area (Å²) in [5.41, 5.74) is 14.8. The van der Waals surface area contributed by atoms with Crippen molar-refractivity contribution in [3.8, 4) is 62.3 Å². The predicted octanol–water partition coefficient (Wildman–Crippen LogP) is 16.0. The second kappa shape index (κ2) is 18.4. The number of ether oxygens (including phenoxy) is 1. The Morgan fingerprint density at radius 1 is 0.421 bits per heavy atom. The molecule has 15 aromatic rings. The van der Waals surface area contributed by atoms with Gasteiger partial charge in [0, 0.05) is 84.1 Å². The average Bonchev–Trinajstić information content (AvgIpc) is 4.31. The van der Waals surface area contributed by atoms with Crippen LogP contribution in [-0.4, -0.2) is 23.3 Å². The molecule has 0 spiro atoms. The van der Waals surface area contributed by atoms with Crippen molar-refractivity contribution in [2.75, 3.05) is 0 Å². The Hall–Kier alpha value is -9.55. The second-order valence-electron chi connectivity index (χ2n) is 18.7. The smallest absolute Gasteiger partial charge is 0.267 e. The fourth-order valence-electron chi connectivity index (χ4n) is 11.4. The van der Waals surface area contributed by atoms with Gasteiger partial charge in [0.25, 0.3) is 6.33 Å². The molecule has 0 N–H and O–H groups in total. The van der Waals surface area contributed by atoms with Gasteiger partial charge >= 0.3 is 0 Å². The standard InChI is InChI=1S/C68H42N6O.Pt/c1-5-21-46(22-6-1)53-33-20-34-54(47-23-7-2-8-24-47)65(53)71-42-41-70(45-71)50-29-19-30-51(43-50)75-52-38-39-57-60(44-52)74(61-37-17-18-40-69-61)68-63-56-32-14-16-36-59(56)72(48-25-9-3-10-26-48)66(63)62-55-31-13-15-35-58(55)73(67(62)64(57)68)49-27-11-4-12-28-49;/h1-42H;/q-2;. The number of hydrogen-bond acceptors (Lipinski definition) is 2. The molecule has 0 saturated carbocycles. The molecule has 0 aliphatic heterocycles. The number of benzene rings is 10. The molecule has 76 heavy (non-hydrogen) atoms. The van der Waals surface area contributed by atoms with Crippen LogP contribution in [-0.2, 0) is 21.1 Å². The molecule has 0 radical (unpaired) electrons. The molecular weight excluding hydrogens is 1110 g/mol. The SMILES string of the molecule is [Pt].[c-]1c(Oc2[c-]c3c(cc2)c2c(c4c5ccccc5n(-c5ccccc5)c4c4c5ccccc5n(-c5ccccc5)c24)n3-c2ccccn2)cccc1-[n+]1[c-]n(-c2c(-c3ccccc3)cccc2-c2ccccc2)cc1. The van der Waals surface area contributed by atoms with E-state index < -0.39 is 0 Å². The number of fused-ring (bicyclic) bond motifs is 12. The van der Waals surface area contributed by atoms with Crippen molar-refractivity contribution in [1.82, 2.24) is 23.3 Å². The van der Waals surface area contributed by atoms with Gasteiger partial charge in [-0.15, -0.1) is 24.3 Å². The van der Waals surface area contributed by atoms with Crippen LogP contribution >= 0.6 is 0 Å². The molecule has 15 rings (SSSR count). The molecule has 5 aromatic heterocycles. The number of para-hydroxylation sites is 5. The molecule has 0 aliphatic carbocycles. The van der Waals surface area contributed by atoms with Crippen LogP contribution in [0.1, 0.15) is 0 Å². The Kier molecular flexibility index (Phi) is 10.9. The minimum absolute atomic E-state index is 0. The molecule has 0 fully saturated rings. The van der Waals surface area contributed by atoms with Crippen molar-refractivity contribution in [3.63, 3.8) is 0 Å². The van der Waals surface area contributed by atoms with E-state index in [1.165, 1.54) is 10.8 Å². The number of hydrogen-bond donors (Lipinski definition) is 0. The normalized spacial score (nSPS) is 11.6. The van der Waals surface area contributed by atoms with E-state index in [0.29, 0.717) is 11.5 Å². The van der Waals surface area contributed by atoms with Gasteiger partial charge in [-0.25, -0.2) is 4.98 Å². The fourth-order valence-corrected chi connectivity index (χ4v) is 11.4. The van der Waals surface area contributed by atoms with Gasteiger partial charge in [-0.3, -0.25) is 4.57 Å². The zero-order valence-electron chi connectivity index (χ0n) is 40.7. The molecule has 0 aliphatic rings. The minimum Gasteiger partial charge on any atom is -0.510 e. The molecule has 7 nitrogen and oxygen atoms in total. The summed E-state index contributed by atoms with van der Waals surface area (Å²) in [6, 6.07) is 90.2. The summed E-state index contributed by atoms with van der Waals surface area (Å²) in [5.74, 6) is 1.88. The Morgan fingerprint density at radius 2 is 0.934 bits per heavy atom. The molecule has 0 amide bonds. The summed E-state index contributed by atoms with van der Waals surface area (Å²) in [6.07, 6.45) is 9.56. The van der Waals surface area contributed by atoms with Crippen molar-refractivity contribution in [3.05, 3.63) is 274 Å². The maximum atomic E-state index is 6.84. The van der Waals surface area contributed by atoms with E-state index in [1.807, 2.05) is 47.3 Å². The van der Waals surface area contributed by atoms with Crippen LogP contribution in [0.2, 0.25) is 0 Å². The quantitative estimate of drug-likeness (QED) is 0.107. The second-order valence-corrected chi connectivity index (χ2v) is 18.7. The monoisotopic (exact) mass is 1150 g/mol. The number of imidazole rings is 1. The molecule has 0 unspecified atom stereocenters. The van der Waals surface area contributed by atoms with Gasteiger partial charge in [-0.2, -0.15) is 18.2 Å². The first-order valence-electron chi connectivity index (χ1n) is 25.1. The molecule has 0 atom stereocenters. The third kappa shape index (κ3) is 7.15. The number of aromatic nitrogens is 6. The minimum atomic E-state index is 0. The van der Waals surface area contributed by atoms with Gasteiger partial charge in [0.2, 0.25) is 0 Å². The summed E-state index contributed by atoms with van der Waals surface area (Å²) >= 11 is 0. The first kappa shape index (κ1) is 45.1. The van der Waals surface area contributed by atoms with Crippen molar-refractivity contribution < 1.29 is 30.4 Å². The molecular formula is C68H42N6OPt-2. The van der Waals surface area contributed by atoms with E-state index in [9.17, 15) is 0 Å². The Balaban J connectivity index is 0.00000528. The Labute approximate surface area is 452 Å². The van der Waals surface area contributed by atoms with Gasteiger partial charge in [-0.1, -0.05) is 169 Å². The van der Waals surface area contributed by atoms with Crippen molar-refractivity contribution in [1.29, 1.82) is 0 Å². The van der Waals surface area contributed by atoms with Gasteiger partial charge < -0.3 is 23.0 Å². The molecule has 10 aromatic carbocycles. The van der Waals surface area contributed by atoms with Crippen LogP contribution in [0.4, 0.5) is 0 Å². The van der Waals surface area contributed by atoms with Crippen molar-refractivity contribution in [2.45, 2.75) is 0 Å². The third-order valence-electron chi connectivity index (χ3n) is 14.5. The summed E-state index contributed by atoms with van der Waals surface area (Å²) in [4.78, 5) is 5.08. The molecule has 362 valence electrons. The average molecular weight is 1150 g/mol. The molecule has 8 heteroatoms. The van der Waals surface area contributed by atoms with Gasteiger partial charge in [0.1, 0.15) is 5.82 Å². The Bertz CT molecular complexity index is 4590. The Morgan fingerprint density at radius 3 is 1.53 bits per heavy atom. The van der Waals surface area contributed by atoms with E-state index in [2.05, 4.69) is 249 Å². The number of nitrogens with zero attached hydrogens (tertiary/aromatic N) is 6. The third-order valence-corrected chi connectivity index (χ3v) is 14.5. The predicted molar refractivity (Wildman–Crippen MR) is 302 cm³/mol. The summed E-state index contributed by atoms with van der Waals surface area (Å²) in [7, 11) is 0. The van der Waals surface area contributed by atoms with E-state index in [-0.39, 0.29) is 21.1 Å². The van der Waals surface area contributed by atoms with Gasteiger partial charge in [-0.05, 0) is 81.9 Å². The first-order valence-corrected chi connectivity index (χ1v) is 25.1. The number of pyridine rings is 1. The molecule has 0 bridgehead atoms. The van der Waals surface area contributed by atoms with Crippen molar-refractivity contribution >= 4 is 65.4 Å². The zero-order chi connectivity index (χ0) is 49.4. The van der Waals surface area contributed by atoms with Crippen LogP contribution in [0.3, 0.4) is 0 Å². The summed E-state index contributed by atoms with van der Waals surface area (Å²) in [6.45, 7) is 0. The van der Waals surface area contributed by atoms with Gasteiger partial charge in [0.05, 0.1) is 33.3 Å². The van der Waals surface area contributed by atoms with E-state index in [1.54, 1.807) is 0 Å². The fraction of sp³-hybridized carbons (Fsp3) is 0. The van der Waals surface area contributed by atoms with Gasteiger partial charge in [0.15, 0.2) is 0 Å². The van der Waals surface area contributed by atoms with Crippen LogP contribution in [0.5, 0.6) is 11.5 Å². The van der Waals surface area contributed by atoms with E-state index in [4.69, 9.17) is 9.72 Å². The van der Waals surface area contributed by atoms with Crippen molar-refractivity contribution in [2.24, 2.45) is 0 Å². The van der Waals surface area contributed by atoms with Crippen LogP contribution in [0.15, 0.2) is 255 Å². The molecule has 0 saturated heterocycles. The molecule has 5 heterocycles. The summed E-state index contributed by atoms with van der Waals surface area (Å²) < 4.78 is 18.1. The number of rotatable bonds is 9. The van der Waals surface area contributed by atoms with Crippen LogP contribution < -0.4 is 9.30 Å². The zero-order valence-corrected chi connectivity index (χ0v) is 42.9. The topological polar surface area (TPSA) is 45.7 Å². The maximum Gasteiger partial charge on any atom is 0.267 e. The largest absolute Gasteiger partial charge is 0.510 e.